The SMILES string of the molecule is COc1cc(C)c(CN2C3CCC2CC(O)(c2ccccc2F)C3)cc1OC. The Hall–Kier alpha value is -2.11. The summed E-state index contributed by atoms with van der Waals surface area (Å²) < 4.78 is 25.2. The topological polar surface area (TPSA) is 41.9 Å². The number of nitrogens with zero attached hydrogens (tertiary/aromatic N) is 1. The fourth-order valence-corrected chi connectivity index (χ4v) is 5.02. The largest absolute Gasteiger partial charge is 0.493 e. The van der Waals surface area contributed by atoms with E-state index in [1.54, 1.807) is 32.4 Å². The van der Waals surface area contributed by atoms with Crippen molar-refractivity contribution in [3.05, 3.63) is 58.9 Å². The van der Waals surface area contributed by atoms with Crippen molar-refractivity contribution in [2.45, 2.75) is 56.8 Å². The fourth-order valence-electron chi connectivity index (χ4n) is 5.02. The van der Waals surface area contributed by atoms with Gasteiger partial charge in [0.25, 0.3) is 0 Å². The first kappa shape index (κ1) is 19.2. The summed E-state index contributed by atoms with van der Waals surface area (Å²) in [5.41, 5.74) is 1.71. The number of rotatable bonds is 5. The Balaban J connectivity index is 1.58. The van der Waals surface area contributed by atoms with Crippen LogP contribution in [0, 0.1) is 12.7 Å². The van der Waals surface area contributed by atoms with E-state index in [4.69, 9.17) is 9.47 Å². The maximum absolute atomic E-state index is 14.3. The summed E-state index contributed by atoms with van der Waals surface area (Å²) in [5, 5.41) is 11.3. The first-order chi connectivity index (χ1) is 13.4. The Labute approximate surface area is 165 Å². The molecule has 4 rings (SSSR count). The molecule has 0 saturated carbocycles. The van der Waals surface area contributed by atoms with Crippen LogP contribution in [0.1, 0.15) is 42.4 Å². The van der Waals surface area contributed by atoms with E-state index >= 15 is 0 Å². The van der Waals surface area contributed by atoms with Crippen LogP contribution < -0.4 is 9.47 Å². The number of ether oxygens (including phenoxy) is 2. The maximum Gasteiger partial charge on any atom is 0.161 e. The van der Waals surface area contributed by atoms with Gasteiger partial charge in [-0.05, 0) is 61.9 Å². The number of aryl methyl sites for hydroxylation is 1. The van der Waals surface area contributed by atoms with Gasteiger partial charge in [-0.15, -0.1) is 0 Å². The molecule has 150 valence electrons. The summed E-state index contributed by atoms with van der Waals surface area (Å²) in [6.45, 7) is 2.88. The maximum atomic E-state index is 14.3. The van der Waals surface area contributed by atoms with E-state index in [-0.39, 0.29) is 17.9 Å². The smallest absolute Gasteiger partial charge is 0.161 e. The molecular weight excluding hydrogens is 357 g/mol. The van der Waals surface area contributed by atoms with Crippen LogP contribution >= 0.6 is 0 Å². The molecule has 2 bridgehead atoms. The molecule has 2 aromatic carbocycles. The van der Waals surface area contributed by atoms with Crippen LogP contribution in [0.2, 0.25) is 0 Å². The number of benzene rings is 2. The van der Waals surface area contributed by atoms with Gasteiger partial charge in [0.15, 0.2) is 11.5 Å². The van der Waals surface area contributed by atoms with E-state index in [0.29, 0.717) is 18.4 Å². The van der Waals surface area contributed by atoms with Gasteiger partial charge in [-0.1, -0.05) is 18.2 Å². The van der Waals surface area contributed by atoms with Crippen LogP contribution in [-0.2, 0) is 12.1 Å². The number of fused-ring (bicyclic) bond motifs is 2. The van der Waals surface area contributed by atoms with E-state index in [2.05, 4.69) is 11.8 Å². The van der Waals surface area contributed by atoms with E-state index in [9.17, 15) is 9.50 Å². The number of halogens is 1. The third-order valence-corrected chi connectivity index (χ3v) is 6.49. The predicted molar refractivity (Wildman–Crippen MR) is 106 cm³/mol. The van der Waals surface area contributed by atoms with Gasteiger partial charge in [0.1, 0.15) is 5.82 Å². The van der Waals surface area contributed by atoms with Gasteiger partial charge in [0.05, 0.1) is 19.8 Å². The van der Waals surface area contributed by atoms with Crippen molar-refractivity contribution in [1.82, 2.24) is 4.90 Å². The second-order valence-electron chi connectivity index (χ2n) is 8.11. The Bertz CT molecular complexity index is 855. The second kappa shape index (κ2) is 7.37. The van der Waals surface area contributed by atoms with Gasteiger partial charge in [0.2, 0.25) is 0 Å². The molecule has 2 fully saturated rings. The normalized spacial score (nSPS) is 27.0. The number of aliphatic hydroxyl groups is 1. The van der Waals surface area contributed by atoms with Gasteiger partial charge < -0.3 is 14.6 Å². The molecule has 28 heavy (non-hydrogen) atoms. The van der Waals surface area contributed by atoms with E-state index in [1.807, 2.05) is 12.1 Å². The first-order valence-electron chi connectivity index (χ1n) is 9.90. The van der Waals surface area contributed by atoms with Gasteiger partial charge >= 0.3 is 0 Å². The van der Waals surface area contributed by atoms with Gasteiger partial charge in [-0.25, -0.2) is 4.39 Å². The number of methoxy groups -OCH3 is 2. The second-order valence-corrected chi connectivity index (χ2v) is 8.11. The zero-order chi connectivity index (χ0) is 19.9. The van der Waals surface area contributed by atoms with Crippen LogP contribution in [-0.4, -0.2) is 36.3 Å². The molecule has 2 aliphatic heterocycles. The molecule has 5 heteroatoms. The van der Waals surface area contributed by atoms with Crippen LogP contribution in [0.15, 0.2) is 36.4 Å². The van der Waals surface area contributed by atoms with Crippen molar-refractivity contribution in [3.63, 3.8) is 0 Å². The van der Waals surface area contributed by atoms with Crippen molar-refractivity contribution in [2.75, 3.05) is 14.2 Å². The molecule has 2 saturated heterocycles. The standard InChI is InChI=1S/C23H28FNO3/c1-15-10-21(27-2)22(28-3)11-16(15)14-25-17-8-9-18(25)13-23(26,12-17)19-6-4-5-7-20(19)24/h4-7,10-11,17-18,26H,8-9,12-14H2,1-3H3. The predicted octanol–water partition coefficient (Wildman–Crippen LogP) is 4.17. The van der Waals surface area contributed by atoms with Crippen LogP contribution in [0.4, 0.5) is 4.39 Å². The van der Waals surface area contributed by atoms with Gasteiger partial charge in [-0.3, -0.25) is 4.90 Å². The minimum atomic E-state index is -1.08. The van der Waals surface area contributed by atoms with Gasteiger partial charge in [-0.2, -0.15) is 0 Å². The summed E-state index contributed by atoms with van der Waals surface area (Å²) in [6, 6.07) is 11.2. The molecule has 2 atom stereocenters. The van der Waals surface area contributed by atoms with Crippen LogP contribution in [0.5, 0.6) is 11.5 Å². The molecule has 1 N–H and O–H groups in total. The fraction of sp³-hybridized carbons (Fsp3) is 0.478. The van der Waals surface area contributed by atoms with E-state index in [0.717, 1.165) is 36.4 Å². The highest BCUT2D eigenvalue weighted by Crippen LogP contribution is 2.47. The van der Waals surface area contributed by atoms with E-state index in [1.165, 1.54) is 11.6 Å². The molecule has 4 nitrogen and oxygen atoms in total. The molecule has 0 aliphatic carbocycles. The number of piperidine rings is 1. The zero-order valence-electron chi connectivity index (χ0n) is 16.7. The number of hydrogen-bond donors (Lipinski definition) is 1. The van der Waals surface area contributed by atoms with Gasteiger partial charge in [0, 0.05) is 24.2 Å². The average Bonchev–Trinajstić information content (AvgIpc) is 2.93. The quantitative estimate of drug-likeness (QED) is 0.839. The summed E-state index contributed by atoms with van der Waals surface area (Å²) in [6.07, 6.45) is 3.20. The molecule has 2 heterocycles. The Morgan fingerprint density at radius 3 is 2.29 bits per heavy atom. The monoisotopic (exact) mass is 385 g/mol. The van der Waals surface area contributed by atoms with Crippen molar-refractivity contribution in [2.24, 2.45) is 0 Å². The van der Waals surface area contributed by atoms with E-state index < -0.39 is 5.60 Å². The van der Waals surface area contributed by atoms with Crippen molar-refractivity contribution in [1.29, 1.82) is 0 Å². The van der Waals surface area contributed by atoms with Crippen LogP contribution in [0.25, 0.3) is 0 Å². The highest BCUT2D eigenvalue weighted by Gasteiger charge is 2.49. The van der Waals surface area contributed by atoms with Crippen molar-refractivity contribution >= 4 is 0 Å². The van der Waals surface area contributed by atoms with Crippen molar-refractivity contribution in [3.8, 4) is 11.5 Å². The molecule has 2 unspecified atom stereocenters. The lowest BCUT2D eigenvalue weighted by atomic mass is 9.80. The Kier molecular flexibility index (Phi) is 5.06. The summed E-state index contributed by atoms with van der Waals surface area (Å²) in [7, 11) is 3.29. The van der Waals surface area contributed by atoms with Crippen LogP contribution in [0.3, 0.4) is 0 Å². The zero-order valence-corrected chi connectivity index (χ0v) is 16.7. The van der Waals surface area contributed by atoms with Crippen molar-refractivity contribution < 1.29 is 19.0 Å². The molecule has 2 aromatic rings. The molecular formula is C23H28FNO3. The minimum absolute atomic E-state index is 0.246. The Morgan fingerprint density at radius 1 is 1.07 bits per heavy atom. The number of hydrogen-bond acceptors (Lipinski definition) is 4. The lowest BCUT2D eigenvalue weighted by Crippen LogP contribution is -2.49. The lowest BCUT2D eigenvalue weighted by molar-refractivity contribution is -0.0616. The Morgan fingerprint density at radius 2 is 1.68 bits per heavy atom. The lowest BCUT2D eigenvalue weighted by Gasteiger charge is -2.44. The molecule has 0 amide bonds. The highest BCUT2D eigenvalue weighted by molar-refractivity contribution is 5.47. The summed E-state index contributed by atoms with van der Waals surface area (Å²) in [5.74, 6) is 1.16. The average molecular weight is 385 g/mol. The molecule has 0 radical (unpaired) electrons. The molecule has 0 spiro atoms. The summed E-state index contributed by atoms with van der Waals surface area (Å²) >= 11 is 0. The highest BCUT2D eigenvalue weighted by atomic mass is 19.1. The third-order valence-electron chi connectivity index (χ3n) is 6.49. The third kappa shape index (κ3) is 3.27. The molecule has 2 aliphatic rings. The minimum Gasteiger partial charge on any atom is -0.493 e. The first-order valence-corrected chi connectivity index (χ1v) is 9.90. The molecule has 0 aromatic heterocycles. The summed E-state index contributed by atoms with van der Waals surface area (Å²) in [4.78, 5) is 2.48.